The van der Waals surface area contributed by atoms with Crippen LogP contribution >= 0.6 is 0 Å². The van der Waals surface area contributed by atoms with Crippen molar-refractivity contribution in [2.45, 2.75) is 49.9 Å². The average Bonchev–Trinajstić information content (AvgIpc) is 3.14. The molecule has 0 saturated heterocycles. The van der Waals surface area contributed by atoms with Crippen molar-refractivity contribution in [3.05, 3.63) is 70.2 Å². The van der Waals surface area contributed by atoms with E-state index in [9.17, 15) is 18.0 Å². The molecule has 3 rings (SSSR count). The monoisotopic (exact) mass is 483 g/mol. The van der Waals surface area contributed by atoms with E-state index < -0.39 is 27.6 Å². The van der Waals surface area contributed by atoms with Gasteiger partial charge in [-0.25, -0.2) is 13.4 Å². The van der Waals surface area contributed by atoms with Crippen LogP contribution in [0.4, 0.5) is 5.82 Å². The van der Waals surface area contributed by atoms with Crippen molar-refractivity contribution < 1.29 is 18.0 Å². The molecule has 0 bridgehead atoms. The largest absolute Gasteiger partial charge is 0.384 e. The van der Waals surface area contributed by atoms with Crippen molar-refractivity contribution in [3.8, 4) is 0 Å². The van der Waals surface area contributed by atoms with Gasteiger partial charge in [0.05, 0.1) is 4.90 Å². The second-order valence-corrected chi connectivity index (χ2v) is 10.6. The van der Waals surface area contributed by atoms with Gasteiger partial charge in [0.1, 0.15) is 22.1 Å². The van der Waals surface area contributed by atoms with Crippen LogP contribution < -0.4 is 11.5 Å². The van der Waals surface area contributed by atoms with Crippen LogP contribution in [-0.4, -0.2) is 42.1 Å². The molecule has 0 aliphatic heterocycles. The number of amides is 2. The number of aromatic amines is 1. The van der Waals surface area contributed by atoms with Crippen molar-refractivity contribution in [1.29, 1.82) is 0 Å². The highest BCUT2D eigenvalue weighted by Crippen LogP contribution is 2.35. The van der Waals surface area contributed by atoms with E-state index in [4.69, 9.17) is 11.5 Å². The van der Waals surface area contributed by atoms with Gasteiger partial charge in [0.2, 0.25) is 9.84 Å². The second kappa shape index (κ2) is 9.30. The maximum absolute atomic E-state index is 13.7. The molecule has 0 unspecified atom stereocenters. The summed E-state index contributed by atoms with van der Waals surface area (Å²) in [5, 5.41) is 0. The number of carbonyl (C=O) groups excluding carboxylic acids is 2. The number of hydrogen-bond acceptors (Lipinski definition) is 6. The van der Waals surface area contributed by atoms with Crippen molar-refractivity contribution >= 4 is 27.5 Å². The number of nitrogens with one attached hydrogen (secondary N) is 1. The first kappa shape index (κ1) is 25.0. The Morgan fingerprint density at radius 2 is 1.71 bits per heavy atom. The third-order valence-corrected chi connectivity index (χ3v) is 7.23. The molecule has 2 amide bonds. The number of nitrogens with two attached hydrogens (primary N) is 2. The lowest BCUT2D eigenvalue weighted by molar-refractivity contribution is 0.0778. The minimum Gasteiger partial charge on any atom is -0.384 e. The number of anilines is 1. The van der Waals surface area contributed by atoms with Crippen LogP contribution in [-0.2, 0) is 16.4 Å². The summed E-state index contributed by atoms with van der Waals surface area (Å²) in [6.45, 7) is 7.30. The lowest BCUT2D eigenvalue weighted by Crippen LogP contribution is -2.28. The summed E-state index contributed by atoms with van der Waals surface area (Å²) in [5.74, 6) is -1.53. The maximum Gasteiger partial charge on any atom is 0.270 e. The van der Waals surface area contributed by atoms with Crippen LogP contribution in [0.25, 0.3) is 0 Å². The standard InChI is InChI=1S/C24H29N5O4S/c1-13(2)19-20(24(31)29(5)12-16-6-7-27-18(25)11-16)28-21(23(26)30)22(19)34(32,33)17-9-14(3)8-15(4)10-17/h6-11,13,28H,12H2,1-5H3,(H2,25,27)(H2,26,30). The Hall–Kier alpha value is -3.66. The number of carbonyl (C=O) groups is 2. The number of aromatic nitrogens is 2. The zero-order valence-corrected chi connectivity index (χ0v) is 20.7. The lowest BCUT2D eigenvalue weighted by atomic mass is 10.0. The van der Waals surface area contributed by atoms with Crippen LogP contribution in [0, 0.1) is 13.8 Å². The fraction of sp³-hybridized carbons (Fsp3) is 0.292. The van der Waals surface area contributed by atoms with Gasteiger partial charge in [0.15, 0.2) is 0 Å². The smallest absolute Gasteiger partial charge is 0.270 e. The van der Waals surface area contributed by atoms with E-state index in [2.05, 4.69) is 9.97 Å². The molecule has 0 radical (unpaired) electrons. The molecule has 0 spiro atoms. The SMILES string of the molecule is Cc1cc(C)cc(S(=O)(=O)c2c(C(N)=O)[nH]c(C(=O)N(C)Cc3ccnc(N)c3)c2C(C)C)c1. The van der Waals surface area contributed by atoms with E-state index >= 15 is 0 Å². The molecule has 9 nitrogen and oxygen atoms in total. The summed E-state index contributed by atoms with van der Waals surface area (Å²) in [7, 11) is -2.59. The van der Waals surface area contributed by atoms with Crippen LogP contribution in [0.1, 0.15) is 63.0 Å². The maximum atomic E-state index is 13.7. The van der Waals surface area contributed by atoms with Gasteiger partial charge in [-0.2, -0.15) is 0 Å². The summed E-state index contributed by atoms with van der Waals surface area (Å²) in [6, 6.07) is 8.29. The first-order chi connectivity index (χ1) is 15.8. The molecule has 3 aromatic rings. The second-order valence-electron chi connectivity index (χ2n) is 8.71. The first-order valence-electron chi connectivity index (χ1n) is 10.7. The summed E-state index contributed by atoms with van der Waals surface area (Å²) < 4.78 is 27.5. The van der Waals surface area contributed by atoms with Gasteiger partial charge in [0.25, 0.3) is 11.8 Å². The van der Waals surface area contributed by atoms with Crippen LogP contribution in [0.5, 0.6) is 0 Å². The highest BCUT2D eigenvalue weighted by molar-refractivity contribution is 7.91. The number of benzene rings is 1. The fourth-order valence-corrected chi connectivity index (χ4v) is 5.97. The zero-order chi connectivity index (χ0) is 25.4. The van der Waals surface area contributed by atoms with Gasteiger partial charge in [-0.05, 0) is 60.7 Å². The van der Waals surface area contributed by atoms with Crippen LogP contribution in [0.15, 0.2) is 46.3 Å². The Morgan fingerprint density at radius 3 is 2.24 bits per heavy atom. The summed E-state index contributed by atoms with van der Waals surface area (Å²) in [5.41, 5.74) is 13.5. The number of nitrogens with zero attached hydrogens (tertiary/aromatic N) is 2. The predicted octanol–water partition coefficient (Wildman–Crippen LogP) is 2.94. The third-order valence-electron chi connectivity index (χ3n) is 5.41. The van der Waals surface area contributed by atoms with Gasteiger partial charge in [-0.3, -0.25) is 9.59 Å². The number of aryl methyl sites for hydroxylation is 2. The lowest BCUT2D eigenvalue weighted by Gasteiger charge is -2.19. The summed E-state index contributed by atoms with van der Waals surface area (Å²) in [6.07, 6.45) is 1.54. The van der Waals surface area contributed by atoms with Crippen molar-refractivity contribution in [3.63, 3.8) is 0 Å². The number of H-pyrrole nitrogens is 1. The number of pyridine rings is 1. The molecular formula is C24H29N5O4S. The first-order valence-corrected chi connectivity index (χ1v) is 12.2. The molecular weight excluding hydrogens is 454 g/mol. The van der Waals surface area contributed by atoms with Gasteiger partial charge < -0.3 is 21.4 Å². The van der Waals surface area contributed by atoms with E-state index in [1.807, 2.05) is 6.07 Å². The molecule has 10 heteroatoms. The van der Waals surface area contributed by atoms with E-state index in [0.717, 1.165) is 16.7 Å². The Labute approximate surface area is 199 Å². The van der Waals surface area contributed by atoms with Crippen LogP contribution in [0.3, 0.4) is 0 Å². The van der Waals surface area contributed by atoms with Gasteiger partial charge in [-0.1, -0.05) is 19.9 Å². The fourth-order valence-electron chi connectivity index (χ4n) is 4.00. The van der Waals surface area contributed by atoms with Crippen molar-refractivity contribution in [2.75, 3.05) is 12.8 Å². The van der Waals surface area contributed by atoms with E-state index in [-0.39, 0.29) is 33.3 Å². The molecule has 1 aromatic carbocycles. The molecule has 2 aromatic heterocycles. The Bertz CT molecular complexity index is 1360. The topological polar surface area (TPSA) is 152 Å². The number of nitrogen functional groups attached to an aromatic ring is 1. The van der Waals surface area contributed by atoms with E-state index in [0.29, 0.717) is 5.82 Å². The number of sulfone groups is 1. The molecule has 2 heterocycles. The number of primary amides is 1. The minimum atomic E-state index is -4.17. The molecule has 5 N–H and O–H groups in total. The average molecular weight is 484 g/mol. The Kier molecular flexibility index (Phi) is 6.83. The minimum absolute atomic E-state index is 0.0104. The molecule has 34 heavy (non-hydrogen) atoms. The molecule has 0 atom stereocenters. The van der Waals surface area contributed by atoms with Crippen molar-refractivity contribution in [2.24, 2.45) is 5.73 Å². The van der Waals surface area contributed by atoms with Gasteiger partial charge >= 0.3 is 0 Å². The highest BCUT2D eigenvalue weighted by Gasteiger charge is 2.35. The number of rotatable bonds is 7. The van der Waals surface area contributed by atoms with E-state index in [1.165, 1.54) is 23.2 Å². The molecule has 0 aliphatic carbocycles. The molecule has 0 aliphatic rings. The summed E-state index contributed by atoms with van der Waals surface area (Å²) in [4.78, 5) is 33.6. The zero-order valence-electron chi connectivity index (χ0n) is 19.8. The van der Waals surface area contributed by atoms with Crippen LogP contribution in [0.2, 0.25) is 0 Å². The quantitative estimate of drug-likeness (QED) is 0.470. The van der Waals surface area contributed by atoms with Crippen molar-refractivity contribution in [1.82, 2.24) is 14.9 Å². The molecule has 0 saturated carbocycles. The van der Waals surface area contributed by atoms with E-state index in [1.54, 1.807) is 46.9 Å². The highest BCUT2D eigenvalue weighted by atomic mass is 32.2. The molecule has 0 fully saturated rings. The normalized spacial score (nSPS) is 11.6. The summed E-state index contributed by atoms with van der Waals surface area (Å²) >= 11 is 0. The Morgan fingerprint density at radius 1 is 1.09 bits per heavy atom. The number of hydrogen-bond donors (Lipinski definition) is 3. The molecule has 180 valence electrons. The van der Waals surface area contributed by atoms with Gasteiger partial charge in [-0.15, -0.1) is 0 Å². The third kappa shape index (κ3) is 4.81. The Balaban J connectivity index is 2.18. The van der Waals surface area contributed by atoms with Gasteiger partial charge in [0, 0.05) is 25.4 Å². The predicted molar refractivity (Wildman–Crippen MR) is 129 cm³/mol.